The van der Waals surface area contributed by atoms with E-state index in [9.17, 15) is 22.4 Å². The number of hydrogen-bond acceptors (Lipinski definition) is 4. The van der Waals surface area contributed by atoms with Crippen molar-refractivity contribution >= 4 is 27.5 Å². The van der Waals surface area contributed by atoms with Crippen LogP contribution in [0.15, 0.2) is 30.3 Å². The van der Waals surface area contributed by atoms with Crippen molar-refractivity contribution in [3.8, 4) is 5.19 Å². The minimum absolute atomic E-state index is 0.0454. The maximum atomic E-state index is 13.8. The summed E-state index contributed by atoms with van der Waals surface area (Å²) in [5.41, 5.74) is -0.519. The second-order valence-electron chi connectivity index (χ2n) is 6.42. The summed E-state index contributed by atoms with van der Waals surface area (Å²) in [6, 6.07) is 5.24. The van der Waals surface area contributed by atoms with E-state index < -0.39 is 34.7 Å². The Balaban J connectivity index is 1.42. The fraction of sp³-hybridized carbons (Fsp3) is 0.263. The lowest BCUT2D eigenvalue weighted by molar-refractivity contribution is 0.0586. The van der Waals surface area contributed by atoms with Crippen LogP contribution in [-0.2, 0) is 0 Å². The molecule has 0 saturated carbocycles. The summed E-state index contributed by atoms with van der Waals surface area (Å²) < 4.78 is 60.7. The first-order chi connectivity index (χ1) is 13.4. The van der Waals surface area contributed by atoms with Gasteiger partial charge in [-0.3, -0.25) is 4.79 Å². The van der Waals surface area contributed by atoms with Crippen molar-refractivity contribution in [3.05, 3.63) is 59.2 Å². The molecule has 2 heterocycles. The smallest absolute Gasteiger partial charge is 0.274 e. The third-order valence-electron chi connectivity index (χ3n) is 4.57. The maximum Gasteiger partial charge on any atom is 0.274 e. The van der Waals surface area contributed by atoms with Gasteiger partial charge in [0.15, 0.2) is 5.82 Å². The zero-order chi connectivity index (χ0) is 19.8. The highest BCUT2D eigenvalue weighted by atomic mass is 32.1. The molecular formula is C19H14F4N2O2S. The Morgan fingerprint density at radius 2 is 1.75 bits per heavy atom. The van der Waals surface area contributed by atoms with Crippen molar-refractivity contribution in [2.24, 2.45) is 0 Å². The van der Waals surface area contributed by atoms with Crippen LogP contribution in [0.1, 0.15) is 23.2 Å². The zero-order valence-corrected chi connectivity index (χ0v) is 15.2. The Labute approximate surface area is 161 Å². The van der Waals surface area contributed by atoms with Gasteiger partial charge in [-0.1, -0.05) is 17.4 Å². The van der Waals surface area contributed by atoms with Gasteiger partial charge in [0.25, 0.3) is 11.1 Å². The molecule has 9 heteroatoms. The van der Waals surface area contributed by atoms with Crippen molar-refractivity contribution in [1.29, 1.82) is 0 Å². The molecule has 0 radical (unpaired) electrons. The standard InChI is InChI=1S/C19H14F4N2O2S/c20-10-8-14(23)17-15(9-10)28-19(24-17)27-11-4-6-25(7-5-11)18(26)16-12(21)2-1-3-13(16)22/h1-3,8-9,11H,4-7H2. The number of rotatable bonds is 3. The lowest BCUT2D eigenvalue weighted by Gasteiger charge is -2.31. The molecule has 28 heavy (non-hydrogen) atoms. The van der Waals surface area contributed by atoms with Crippen molar-refractivity contribution in [2.45, 2.75) is 18.9 Å². The molecule has 0 N–H and O–H groups in total. The largest absolute Gasteiger partial charge is 0.467 e. The van der Waals surface area contributed by atoms with Gasteiger partial charge in [-0.2, -0.15) is 4.98 Å². The number of likely N-dealkylation sites (tertiary alicyclic amines) is 1. The first-order valence-corrected chi connectivity index (χ1v) is 9.39. The van der Waals surface area contributed by atoms with Gasteiger partial charge in [-0.15, -0.1) is 0 Å². The number of nitrogens with zero attached hydrogens (tertiary/aromatic N) is 2. The topological polar surface area (TPSA) is 42.4 Å². The van der Waals surface area contributed by atoms with E-state index in [1.807, 2.05) is 0 Å². The number of fused-ring (bicyclic) bond motifs is 1. The van der Waals surface area contributed by atoms with Gasteiger partial charge < -0.3 is 9.64 Å². The average Bonchev–Trinajstić information content (AvgIpc) is 3.04. The minimum atomic E-state index is -0.896. The molecule has 1 saturated heterocycles. The highest BCUT2D eigenvalue weighted by Gasteiger charge is 2.28. The molecule has 146 valence electrons. The number of amides is 1. The number of benzene rings is 2. The van der Waals surface area contributed by atoms with Crippen molar-refractivity contribution in [2.75, 3.05) is 13.1 Å². The zero-order valence-electron chi connectivity index (χ0n) is 14.4. The first kappa shape index (κ1) is 18.7. The Bertz CT molecular complexity index is 1030. The molecule has 1 aliphatic heterocycles. The maximum absolute atomic E-state index is 13.8. The summed E-state index contributed by atoms with van der Waals surface area (Å²) in [4.78, 5) is 17.8. The average molecular weight is 410 g/mol. The third kappa shape index (κ3) is 3.54. The van der Waals surface area contributed by atoms with Gasteiger partial charge in [0.2, 0.25) is 0 Å². The van der Waals surface area contributed by atoms with E-state index in [0.29, 0.717) is 17.5 Å². The first-order valence-electron chi connectivity index (χ1n) is 8.58. The van der Waals surface area contributed by atoms with Crippen LogP contribution < -0.4 is 4.74 Å². The van der Waals surface area contributed by atoms with E-state index in [2.05, 4.69) is 4.98 Å². The van der Waals surface area contributed by atoms with Crippen LogP contribution in [0.4, 0.5) is 17.6 Å². The van der Waals surface area contributed by atoms with Crippen LogP contribution in [0.3, 0.4) is 0 Å². The molecule has 2 aromatic carbocycles. The highest BCUT2D eigenvalue weighted by Crippen LogP contribution is 2.32. The molecule has 1 aromatic heterocycles. The summed E-state index contributed by atoms with van der Waals surface area (Å²) in [6.45, 7) is 0.510. The van der Waals surface area contributed by atoms with E-state index in [-0.39, 0.29) is 29.9 Å². The number of carbonyl (C=O) groups is 1. The van der Waals surface area contributed by atoms with Crippen LogP contribution in [0, 0.1) is 23.3 Å². The number of halogens is 4. The molecule has 1 amide bonds. The number of aromatic nitrogens is 1. The highest BCUT2D eigenvalue weighted by molar-refractivity contribution is 7.20. The Kier molecular flexibility index (Phi) is 4.92. The van der Waals surface area contributed by atoms with Gasteiger partial charge in [-0.25, -0.2) is 17.6 Å². The second kappa shape index (κ2) is 7.38. The van der Waals surface area contributed by atoms with Crippen LogP contribution in [0.5, 0.6) is 5.19 Å². The second-order valence-corrected chi connectivity index (χ2v) is 7.41. The fourth-order valence-corrected chi connectivity index (χ4v) is 4.09. The van der Waals surface area contributed by atoms with Crippen molar-refractivity contribution in [3.63, 3.8) is 0 Å². The quantitative estimate of drug-likeness (QED) is 0.596. The Morgan fingerprint density at radius 1 is 1.07 bits per heavy atom. The van der Waals surface area contributed by atoms with Crippen LogP contribution >= 0.6 is 11.3 Å². The van der Waals surface area contributed by atoms with Crippen molar-refractivity contribution in [1.82, 2.24) is 9.88 Å². The lowest BCUT2D eigenvalue weighted by Crippen LogP contribution is -2.42. The van der Waals surface area contributed by atoms with Gasteiger partial charge in [0.05, 0.1) is 4.70 Å². The normalized spacial score (nSPS) is 15.2. The number of thiazole rings is 1. The van der Waals surface area contributed by atoms with E-state index in [1.54, 1.807) is 0 Å². The number of carbonyl (C=O) groups excluding carboxylic acids is 1. The lowest BCUT2D eigenvalue weighted by atomic mass is 10.1. The van der Waals surface area contributed by atoms with Crippen LogP contribution in [0.25, 0.3) is 10.2 Å². The molecule has 0 spiro atoms. The molecule has 4 rings (SSSR count). The monoisotopic (exact) mass is 410 g/mol. The molecule has 0 atom stereocenters. The van der Waals surface area contributed by atoms with Crippen LogP contribution in [0.2, 0.25) is 0 Å². The molecule has 1 aliphatic rings. The Hall–Kier alpha value is -2.68. The van der Waals surface area contributed by atoms with Crippen molar-refractivity contribution < 1.29 is 27.1 Å². The van der Waals surface area contributed by atoms with E-state index in [4.69, 9.17) is 4.74 Å². The summed E-state index contributed by atoms with van der Waals surface area (Å²) >= 11 is 1.03. The van der Waals surface area contributed by atoms with Gasteiger partial charge >= 0.3 is 0 Å². The number of hydrogen-bond donors (Lipinski definition) is 0. The number of ether oxygens (including phenoxy) is 1. The third-order valence-corrected chi connectivity index (χ3v) is 5.46. The van der Waals surface area contributed by atoms with E-state index in [0.717, 1.165) is 29.5 Å². The SMILES string of the molecule is O=C(c1c(F)cccc1F)N1CCC(Oc2nc3c(F)cc(F)cc3s2)CC1. The van der Waals surface area contributed by atoms with E-state index >= 15 is 0 Å². The minimum Gasteiger partial charge on any atom is -0.467 e. The molecule has 1 fully saturated rings. The molecule has 3 aromatic rings. The van der Waals surface area contributed by atoms with Gasteiger partial charge in [0, 0.05) is 32.0 Å². The summed E-state index contributed by atoms with van der Waals surface area (Å²) in [5.74, 6) is -3.94. The number of piperidine rings is 1. The summed E-state index contributed by atoms with van der Waals surface area (Å²) in [6.07, 6.45) is 0.561. The van der Waals surface area contributed by atoms with Crippen LogP contribution in [-0.4, -0.2) is 35.0 Å². The molecule has 4 nitrogen and oxygen atoms in total. The fourth-order valence-electron chi connectivity index (χ4n) is 3.17. The molecule has 0 unspecified atom stereocenters. The predicted octanol–water partition coefficient (Wildman–Crippen LogP) is 4.54. The molecule has 0 bridgehead atoms. The predicted molar refractivity (Wildman–Crippen MR) is 95.4 cm³/mol. The van der Waals surface area contributed by atoms with Gasteiger partial charge in [0.1, 0.15) is 34.6 Å². The molecular weight excluding hydrogens is 396 g/mol. The van der Waals surface area contributed by atoms with E-state index in [1.165, 1.54) is 17.0 Å². The van der Waals surface area contributed by atoms with Gasteiger partial charge in [-0.05, 0) is 18.2 Å². The molecule has 0 aliphatic carbocycles. The summed E-state index contributed by atoms with van der Waals surface area (Å²) in [5, 5.41) is 0.212. The Morgan fingerprint density at radius 3 is 2.43 bits per heavy atom. The summed E-state index contributed by atoms with van der Waals surface area (Å²) in [7, 11) is 0.